The summed E-state index contributed by atoms with van der Waals surface area (Å²) in [5.74, 6) is -0.215. The van der Waals surface area contributed by atoms with Crippen LogP contribution in [0.15, 0.2) is 23.4 Å². The molecule has 0 aliphatic rings. The van der Waals surface area contributed by atoms with Gasteiger partial charge in [0.15, 0.2) is 0 Å². The first-order valence-corrected chi connectivity index (χ1v) is 5.17. The Bertz CT molecular complexity index is 424. The molecular formula is C12H16FNO3. The molecule has 0 aliphatic carbocycles. The van der Waals surface area contributed by atoms with Gasteiger partial charge in [0.1, 0.15) is 18.2 Å². The van der Waals surface area contributed by atoms with Crippen LogP contribution in [0.2, 0.25) is 0 Å². The molecule has 5 heteroatoms. The molecule has 0 aromatic heterocycles. The zero-order chi connectivity index (χ0) is 13.1. The van der Waals surface area contributed by atoms with Crippen molar-refractivity contribution in [1.29, 1.82) is 0 Å². The van der Waals surface area contributed by atoms with E-state index in [-0.39, 0.29) is 12.4 Å². The molecule has 0 radical (unpaired) electrons. The fourth-order valence-electron chi connectivity index (χ4n) is 1.22. The third-order valence-electron chi connectivity index (χ3n) is 2.06. The lowest BCUT2D eigenvalue weighted by Gasteiger charge is -2.19. The Balaban J connectivity index is 3.00. The molecule has 0 amide bonds. The highest BCUT2D eigenvalue weighted by atomic mass is 19.1. The average molecular weight is 241 g/mol. The molecule has 0 spiro atoms. The molecule has 0 unspecified atom stereocenters. The van der Waals surface area contributed by atoms with Crippen molar-refractivity contribution in [1.82, 2.24) is 0 Å². The predicted molar refractivity (Wildman–Crippen MR) is 62.2 cm³/mol. The Morgan fingerprint density at radius 2 is 2.12 bits per heavy atom. The van der Waals surface area contributed by atoms with Crippen LogP contribution >= 0.6 is 0 Å². The number of oxime groups is 1. The van der Waals surface area contributed by atoms with E-state index >= 15 is 0 Å². The number of aliphatic hydroxyl groups is 1. The second kappa shape index (κ2) is 5.14. The lowest BCUT2D eigenvalue weighted by molar-refractivity contribution is 0.0283. The number of halogens is 1. The van der Waals surface area contributed by atoms with Crippen molar-refractivity contribution >= 4 is 5.71 Å². The van der Waals surface area contributed by atoms with E-state index in [1.165, 1.54) is 18.2 Å². The number of hydrogen-bond acceptors (Lipinski definition) is 4. The van der Waals surface area contributed by atoms with Crippen LogP contribution in [0.1, 0.15) is 26.3 Å². The van der Waals surface area contributed by atoms with Crippen molar-refractivity contribution in [2.75, 3.05) is 6.61 Å². The first kappa shape index (κ1) is 13.4. The van der Waals surface area contributed by atoms with E-state index in [2.05, 4.69) is 5.16 Å². The highest BCUT2D eigenvalue weighted by molar-refractivity contribution is 6.00. The second-order valence-electron chi connectivity index (χ2n) is 4.43. The summed E-state index contributed by atoms with van der Waals surface area (Å²) in [6, 6.07) is 3.90. The van der Waals surface area contributed by atoms with Gasteiger partial charge >= 0.3 is 0 Å². The molecule has 2 N–H and O–H groups in total. The van der Waals surface area contributed by atoms with E-state index in [9.17, 15) is 9.50 Å². The molecule has 1 rings (SSSR count). The molecule has 1 aromatic rings. The van der Waals surface area contributed by atoms with Gasteiger partial charge < -0.3 is 15.1 Å². The SMILES string of the molecule is CC(=NO)c1ccc(F)cc1OCC(C)(C)O. The molecular weight excluding hydrogens is 225 g/mol. The first-order chi connectivity index (χ1) is 7.83. The molecule has 0 atom stereocenters. The second-order valence-corrected chi connectivity index (χ2v) is 4.43. The minimum absolute atomic E-state index is 0.0160. The van der Waals surface area contributed by atoms with Gasteiger partial charge in [0, 0.05) is 11.6 Å². The fourth-order valence-corrected chi connectivity index (χ4v) is 1.22. The summed E-state index contributed by atoms with van der Waals surface area (Å²) in [4.78, 5) is 0. The van der Waals surface area contributed by atoms with Crippen LogP contribution in [0.3, 0.4) is 0 Å². The molecule has 1 aromatic carbocycles. The van der Waals surface area contributed by atoms with Crippen molar-refractivity contribution < 1.29 is 19.4 Å². The van der Waals surface area contributed by atoms with E-state index in [1.54, 1.807) is 20.8 Å². The number of benzene rings is 1. The van der Waals surface area contributed by atoms with Crippen molar-refractivity contribution in [2.24, 2.45) is 5.16 Å². The lowest BCUT2D eigenvalue weighted by atomic mass is 10.1. The van der Waals surface area contributed by atoms with E-state index in [4.69, 9.17) is 9.94 Å². The number of rotatable bonds is 4. The third kappa shape index (κ3) is 4.03. The van der Waals surface area contributed by atoms with Crippen LogP contribution in [0.25, 0.3) is 0 Å². The van der Waals surface area contributed by atoms with Gasteiger partial charge in [-0.3, -0.25) is 0 Å². The van der Waals surface area contributed by atoms with Crippen molar-refractivity contribution in [3.63, 3.8) is 0 Å². The number of ether oxygens (including phenoxy) is 1. The smallest absolute Gasteiger partial charge is 0.131 e. The van der Waals surface area contributed by atoms with Crippen LogP contribution in [-0.2, 0) is 0 Å². The Morgan fingerprint density at radius 3 is 2.65 bits per heavy atom. The van der Waals surface area contributed by atoms with Gasteiger partial charge in [0.2, 0.25) is 0 Å². The molecule has 0 aliphatic heterocycles. The number of hydrogen-bond donors (Lipinski definition) is 2. The van der Waals surface area contributed by atoms with E-state index in [0.29, 0.717) is 11.3 Å². The zero-order valence-corrected chi connectivity index (χ0v) is 10.1. The van der Waals surface area contributed by atoms with Crippen molar-refractivity contribution in [3.05, 3.63) is 29.6 Å². The summed E-state index contributed by atoms with van der Waals surface area (Å²) in [6.07, 6.45) is 0. The maximum atomic E-state index is 13.1. The quantitative estimate of drug-likeness (QED) is 0.482. The highest BCUT2D eigenvalue weighted by Gasteiger charge is 2.16. The number of nitrogens with zero attached hydrogens (tertiary/aromatic N) is 1. The van der Waals surface area contributed by atoms with E-state index < -0.39 is 11.4 Å². The summed E-state index contributed by atoms with van der Waals surface area (Å²) in [6.45, 7) is 4.75. The van der Waals surface area contributed by atoms with Gasteiger partial charge in [-0.2, -0.15) is 0 Å². The summed E-state index contributed by atoms with van der Waals surface area (Å²) < 4.78 is 18.4. The van der Waals surface area contributed by atoms with E-state index in [1.807, 2.05) is 0 Å². The zero-order valence-electron chi connectivity index (χ0n) is 10.1. The Labute approximate surface area is 99.3 Å². The van der Waals surface area contributed by atoms with Crippen LogP contribution in [0.5, 0.6) is 5.75 Å². The van der Waals surface area contributed by atoms with Gasteiger partial charge in [-0.1, -0.05) is 5.16 Å². The van der Waals surface area contributed by atoms with Crippen LogP contribution < -0.4 is 4.74 Å². The maximum absolute atomic E-state index is 13.1. The molecule has 17 heavy (non-hydrogen) atoms. The van der Waals surface area contributed by atoms with E-state index in [0.717, 1.165) is 0 Å². The van der Waals surface area contributed by atoms with Crippen LogP contribution in [-0.4, -0.2) is 28.2 Å². The van der Waals surface area contributed by atoms with Gasteiger partial charge in [-0.25, -0.2) is 4.39 Å². The molecule has 0 heterocycles. The maximum Gasteiger partial charge on any atom is 0.131 e. The van der Waals surface area contributed by atoms with Crippen LogP contribution in [0, 0.1) is 5.82 Å². The summed E-state index contributed by atoms with van der Waals surface area (Å²) in [5, 5.41) is 21.3. The van der Waals surface area contributed by atoms with Crippen molar-refractivity contribution in [3.8, 4) is 5.75 Å². The highest BCUT2D eigenvalue weighted by Crippen LogP contribution is 2.22. The Kier molecular flexibility index (Phi) is 4.07. The minimum Gasteiger partial charge on any atom is -0.490 e. The average Bonchev–Trinajstić information content (AvgIpc) is 2.24. The predicted octanol–water partition coefficient (Wildman–Crippen LogP) is 2.17. The monoisotopic (exact) mass is 241 g/mol. The summed E-state index contributed by atoms with van der Waals surface area (Å²) in [5.41, 5.74) is -0.220. The van der Waals surface area contributed by atoms with Gasteiger partial charge in [0.25, 0.3) is 0 Å². The molecule has 0 saturated heterocycles. The van der Waals surface area contributed by atoms with Crippen molar-refractivity contribution in [2.45, 2.75) is 26.4 Å². The lowest BCUT2D eigenvalue weighted by Crippen LogP contribution is -2.28. The third-order valence-corrected chi connectivity index (χ3v) is 2.06. The van der Waals surface area contributed by atoms with Crippen LogP contribution in [0.4, 0.5) is 4.39 Å². The first-order valence-electron chi connectivity index (χ1n) is 5.17. The normalized spacial score (nSPS) is 12.6. The molecule has 0 fully saturated rings. The minimum atomic E-state index is -1.02. The van der Waals surface area contributed by atoms with Gasteiger partial charge in [-0.15, -0.1) is 0 Å². The molecule has 0 saturated carbocycles. The molecule has 0 bridgehead atoms. The van der Waals surface area contributed by atoms with Gasteiger partial charge in [0.05, 0.1) is 11.3 Å². The largest absolute Gasteiger partial charge is 0.490 e. The topological polar surface area (TPSA) is 62.1 Å². The van der Waals surface area contributed by atoms with Gasteiger partial charge in [-0.05, 0) is 32.9 Å². The summed E-state index contributed by atoms with van der Waals surface area (Å²) >= 11 is 0. The molecule has 4 nitrogen and oxygen atoms in total. The Morgan fingerprint density at radius 1 is 1.47 bits per heavy atom. The molecule has 94 valence electrons. The fraction of sp³-hybridized carbons (Fsp3) is 0.417. The summed E-state index contributed by atoms with van der Waals surface area (Å²) in [7, 11) is 0. The Hall–Kier alpha value is -1.62. The standard InChI is InChI=1S/C12H16FNO3/c1-8(14-16)10-5-4-9(13)6-11(10)17-7-12(2,3)15/h4-6,15-16H,7H2,1-3H3.